The summed E-state index contributed by atoms with van der Waals surface area (Å²) < 4.78 is 0. The summed E-state index contributed by atoms with van der Waals surface area (Å²) >= 11 is 0. The van der Waals surface area contributed by atoms with Crippen LogP contribution in [0.4, 0.5) is 5.69 Å². The number of hydrogen-bond donors (Lipinski definition) is 4. The predicted molar refractivity (Wildman–Crippen MR) is 79.4 cm³/mol. The summed E-state index contributed by atoms with van der Waals surface area (Å²) in [6.07, 6.45) is 0.792. The smallest absolute Gasteiger partial charge is 0.376 e. The van der Waals surface area contributed by atoms with Crippen molar-refractivity contribution in [1.29, 1.82) is 0 Å². The van der Waals surface area contributed by atoms with Crippen LogP contribution in [0.25, 0.3) is 0 Å². The van der Waals surface area contributed by atoms with Crippen LogP contribution in [-0.2, 0) is 0 Å². The number of nitrogens with one attached hydrogen (secondary N) is 1. The van der Waals surface area contributed by atoms with Gasteiger partial charge in [-0.25, -0.2) is 4.79 Å². The molecule has 1 saturated heterocycles. The van der Waals surface area contributed by atoms with Crippen molar-refractivity contribution >= 4 is 24.6 Å². The fourth-order valence-electron chi connectivity index (χ4n) is 2.48. The van der Waals surface area contributed by atoms with Crippen LogP contribution in [0.1, 0.15) is 27.1 Å². The van der Waals surface area contributed by atoms with Gasteiger partial charge in [0, 0.05) is 18.3 Å². The quantitative estimate of drug-likeness (QED) is 0.571. The Balaban J connectivity index is 2.20. The molecule has 112 valence electrons. The second-order valence-corrected chi connectivity index (χ2v) is 5.19. The Labute approximate surface area is 122 Å². The maximum Gasteiger partial charge on any atom is 0.376 e. The highest BCUT2D eigenvalue weighted by molar-refractivity contribution is 6.45. The molecule has 0 radical (unpaired) electrons. The first-order valence-corrected chi connectivity index (χ1v) is 6.74. The van der Waals surface area contributed by atoms with Crippen molar-refractivity contribution in [3.63, 3.8) is 0 Å². The van der Waals surface area contributed by atoms with Crippen molar-refractivity contribution in [3.8, 4) is 0 Å². The van der Waals surface area contributed by atoms with Crippen molar-refractivity contribution in [1.82, 2.24) is 4.81 Å². The molecule has 8 heteroatoms. The number of carboxylic acid groups (broad SMARTS) is 1. The molecule has 1 unspecified atom stereocenters. The van der Waals surface area contributed by atoms with Crippen LogP contribution in [0.5, 0.6) is 0 Å². The Morgan fingerprint density at radius 3 is 2.71 bits per heavy atom. The Morgan fingerprint density at radius 1 is 1.48 bits per heavy atom. The van der Waals surface area contributed by atoms with Crippen LogP contribution in [0.15, 0.2) is 18.2 Å². The van der Waals surface area contributed by atoms with Crippen LogP contribution in [-0.4, -0.2) is 53.0 Å². The van der Waals surface area contributed by atoms with E-state index in [1.54, 1.807) is 6.82 Å². The zero-order valence-electron chi connectivity index (χ0n) is 11.7. The van der Waals surface area contributed by atoms with E-state index < -0.39 is 18.9 Å². The highest BCUT2D eigenvalue weighted by atomic mass is 16.4. The average Bonchev–Trinajstić information content (AvgIpc) is 2.87. The number of carbonyl (C=O) groups excluding carboxylic acids is 1. The number of carbonyl (C=O) groups is 2. The van der Waals surface area contributed by atoms with Gasteiger partial charge < -0.3 is 26.0 Å². The lowest BCUT2D eigenvalue weighted by atomic mass is 9.86. The summed E-state index contributed by atoms with van der Waals surface area (Å²) in [5.74, 6) is -1.68. The molecule has 1 aromatic carbocycles. The van der Waals surface area contributed by atoms with Crippen LogP contribution in [0.3, 0.4) is 0 Å². The van der Waals surface area contributed by atoms with Gasteiger partial charge in [-0.2, -0.15) is 0 Å². The lowest BCUT2D eigenvalue weighted by Gasteiger charge is -2.19. The highest BCUT2D eigenvalue weighted by Gasteiger charge is 2.28. The number of benzene rings is 1. The summed E-state index contributed by atoms with van der Waals surface area (Å²) in [5, 5.41) is 21.7. The minimum Gasteiger partial charge on any atom is -0.478 e. The molecule has 1 atom stereocenters. The molecule has 0 spiro atoms. The first kappa shape index (κ1) is 15.3. The molecule has 1 aliphatic heterocycles. The van der Waals surface area contributed by atoms with E-state index in [0.717, 1.165) is 13.0 Å². The Kier molecular flexibility index (Phi) is 4.49. The van der Waals surface area contributed by atoms with Gasteiger partial charge in [-0.15, -0.1) is 0 Å². The zero-order chi connectivity index (χ0) is 15.6. The van der Waals surface area contributed by atoms with Crippen molar-refractivity contribution in [2.75, 3.05) is 18.4 Å². The first-order valence-electron chi connectivity index (χ1n) is 6.74. The second-order valence-electron chi connectivity index (χ2n) is 5.19. The van der Waals surface area contributed by atoms with Crippen LogP contribution in [0.2, 0.25) is 6.82 Å². The second kappa shape index (κ2) is 6.15. The number of carboxylic acids is 1. The van der Waals surface area contributed by atoms with E-state index in [9.17, 15) is 14.6 Å². The van der Waals surface area contributed by atoms with Crippen molar-refractivity contribution < 1.29 is 19.7 Å². The number of anilines is 1. The summed E-state index contributed by atoms with van der Waals surface area (Å²) in [6.45, 7) is 3.05. The van der Waals surface area contributed by atoms with Gasteiger partial charge in [0.2, 0.25) is 0 Å². The monoisotopic (exact) mass is 291 g/mol. The number of rotatable bonds is 5. The highest BCUT2D eigenvalue weighted by Crippen LogP contribution is 2.22. The summed E-state index contributed by atoms with van der Waals surface area (Å²) in [5.41, 5.74) is 6.08. The van der Waals surface area contributed by atoms with E-state index in [2.05, 4.69) is 5.32 Å². The predicted octanol–water partition coefficient (Wildman–Crippen LogP) is 0.0802. The standard InChI is InChI=1S/C13H18BN3O4/c1-14(21)17-5-4-9(7-17)16-11-6-8(13(19)20)2-3-10(11)12(15)18/h2-3,6,9,16,21H,4-5,7H2,1H3,(H2,15,18)(H,19,20). The SMILES string of the molecule is CB(O)N1CCC(Nc2cc(C(=O)O)ccc2C(N)=O)C1. The van der Waals surface area contributed by atoms with E-state index in [0.29, 0.717) is 12.2 Å². The molecule has 0 aromatic heterocycles. The normalized spacial score (nSPS) is 18.5. The molecule has 21 heavy (non-hydrogen) atoms. The van der Waals surface area contributed by atoms with E-state index in [-0.39, 0.29) is 17.2 Å². The van der Waals surface area contributed by atoms with Gasteiger partial charge in [0.25, 0.3) is 5.91 Å². The molecule has 1 amide bonds. The van der Waals surface area contributed by atoms with E-state index in [4.69, 9.17) is 10.8 Å². The third-order valence-corrected chi connectivity index (χ3v) is 3.64. The minimum atomic E-state index is -1.06. The molecule has 1 aromatic rings. The van der Waals surface area contributed by atoms with Crippen LogP contribution >= 0.6 is 0 Å². The van der Waals surface area contributed by atoms with Gasteiger partial charge in [-0.1, -0.05) is 0 Å². The molecule has 5 N–H and O–H groups in total. The molecular formula is C13H18BN3O4. The number of nitrogens with zero attached hydrogens (tertiary/aromatic N) is 1. The lowest BCUT2D eigenvalue weighted by Crippen LogP contribution is -2.36. The first-order chi connectivity index (χ1) is 9.88. The van der Waals surface area contributed by atoms with Gasteiger partial charge in [-0.05, 0) is 38.0 Å². The van der Waals surface area contributed by atoms with Crippen LogP contribution in [0, 0.1) is 0 Å². The Bertz CT molecular complexity index is 564. The Morgan fingerprint density at radius 2 is 2.19 bits per heavy atom. The summed E-state index contributed by atoms with van der Waals surface area (Å²) in [6, 6.07) is 4.20. The minimum absolute atomic E-state index is 0.0294. The van der Waals surface area contributed by atoms with Gasteiger partial charge >= 0.3 is 13.0 Å². The van der Waals surface area contributed by atoms with E-state index in [1.165, 1.54) is 18.2 Å². The van der Waals surface area contributed by atoms with Crippen molar-refractivity contribution in [3.05, 3.63) is 29.3 Å². The molecule has 1 heterocycles. The van der Waals surface area contributed by atoms with Crippen LogP contribution < -0.4 is 11.1 Å². The van der Waals surface area contributed by atoms with E-state index >= 15 is 0 Å². The number of primary amides is 1. The molecule has 1 fully saturated rings. The van der Waals surface area contributed by atoms with Gasteiger partial charge in [0.1, 0.15) is 0 Å². The third-order valence-electron chi connectivity index (χ3n) is 3.64. The molecule has 0 bridgehead atoms. The topological polar surface area (TPSA) is 116 Å². The maximum absolute atomic E-state index is 11.4. The molecule has 7 nitrogen and oxygen atoms in total. The zero-order valence-corrected chi connectivity index (χ0v) is 11.7. The summed E-state index contributed by atoms with van der Waals surface area (Å²) in [7, 11) is -0.530. The number of amides is 1. The van der Waals surface area contributed by atoms with Crippen molar-refractivity contribution in [2.45, 2.75) is 19.3 Å². The molecular weight excluding hydrogens is 273 g/mol. The number of nitrogens with two attached hydrogens (primary N) is 1. The Hall–Kier alpha value is -2.06. The largest absolute Gasteiger partial charge is 0.478 e. The molecule has 0 saturated carbocycles. The van der Waals surface area contributed by atoms with Gasteiger partial charge in [0.15, 0.2) is 0 Å². The number of hydrogen-bond acceptors (Lipinski definition) is 5. The summed E-state index contributed by atoms with van der Waals surface area (Å²) in [4.78, 5) is 24.4. The fourth-order valence-corrected chi connectivity index (χ4v) is 2.48. The maximum atomic E-state index is 11.4. The molecule has 1 aliphatic rings. The van der Waals surface area contributed by atoms with Gasteiger partial charge in [0.05, 0.1) is 11.1 Å². The number of aromatic carboxylic acids is 1. The average molecular weight is 291 g/mol. The van der Waals surface area contributed by atoms with E-state index in [1.807, 2.05) is 4.81 Å². The fraction of sp³-hybridized carbons (Fsp3) is 0.385. The van der Waals surface area contributed by atoms with Gasteiger partial charge in [-0.3, -0.25) is 4.79 Å². The molecule has 2 rings (SSSR count). The molecule has 0 aliphatic carbocycles. The lowest BCUT2D eigenvalue weighted by molar-refractivity contribution is 0.0696. The third kappa shape index (κ3) is 3.53. The van der Waals surface area contributed by atoms with Crippen molar-refractivity contribution in [2.24, 2.45) is 5.73 Å².